The third-order valence-electron chi connectivity index (χ3n) is 3.04. The van der Waals surface area contributed by atoms with Crippen molar-refractivity contribution in [3.63, 3.8) is 0 Å². The number of nitrogen functional groups attached to an aromatic ring is 1. The lowest BCUT2D eigenvalue weighted by Crippen LogP contribution is -2.22. The molecule has 0 atom stereocenters. The maximum atomic E-state index is 11.9. The molecule has 0 spiro atoms. The van der Waals surface area contributed by atoms with Gasteiger partial charge < -0.3 is 16.4 Å². The Bertz CT molecular complexity index is 478. The first-order valence-electron chi connectivity index (χ1n) is 6.37. The summed E-state index contributed by atoms with van der Waals surface area (Å²) in [4.78, 5) is 23.9. The average molecular weight is 283 g/mol. The number of Topliss-reactive ketones (excluding diaryl/α,β-unsaturated/α-hetero) is 1. The van der Waals surface area contributed by atoms with Gasteiger partial charge >= 0.3 is 0 Å². The molecule has 1 amide bonds. The van der Waals surface area contributed by atoms with Crippen LogP contribution in [-0.4, -0.2) is 24.8 Å². The highest BCUT2D eigenvalue weighted by Gasteiger charge is 2.24. The molecule has 1 aromatic rings. The molecule has 0 bridgehead atoms. The number of carbonyl (C=O) groups is 2. The predicted molar refractivity (Wildman–Crippen MR) is 80.1 cm³/mol. The van der Waals surface area contributed by atoms with Crippen LogP contribution in [0, 0.1) is 0 Å². The first-order valence-corrected chi connectivity index (χ1v) is 7.19. The number of rotatable bonds is 6. The van der Waals surface area contributed by atoms with Gasteiger partial charge in [0.25, 0.3) is 5.91 Å². The Morgan fingerprint density at radius 3 is 2.32 bits per heavy atom. The fourth-order valence-electron chi connectivity index (χ4n) is 1.84. The Hall–Kier alpha value is -1.56. The molecule has 19 heavy (non-hydrogen) atoms. The van der Waals surface area contributed by atoms with Crippen LogP contribution in [0.5, 0.6) is 0 Å². The number of anilines is 2. The van der Waals surface area contributed by atoms with Crippen LogP contribution in [0.25, 0.3) is 0 Å². The van der Waals surface area contributed by atoms with Gasteiger partial charge in [0, 0.05) is 20.0 Å². The third-order valence-corrected chi connectivity index (χ3v) is 4.28. The van der Waals surface area contributed by atoms with E-state index < -0.39 is 0 Å². The van der Waals surface area contributed by atoms with E-state index in [0.717, 1.165) is 12.8 Å². The highest BCUT2D eigenvalue weighted by Crippen LogP contribution is 2.36. The minimum atomic E-state index is -0.269. The molecule has 1 aromatic heterocycles. The summed E-state index contributed by atoms with van der Waals surface area (Å²) in [6, 6.07) is 0.265. The van der Waals surface area contributed by atoms with Gasteiger partial charge in [-0.3, -0.25) is 9.59 Å². The fourth-order valence-corrected chi connectivity index (χ4v) is 2.93. The van der Waals surface area contributed by atoms with Gasteiger partial charge in [-0.05, 0) is 12.8 Å². The Balaban J connectivity index is 3.24. The molecular weight excluding hydrogens is 262 g/mol. The quantitative estimate of drug-likeness (QED) is 0.700. The molecular formula is C13H21N3O2S. The number of hydrogen-bond acceptors (Lipinski definition) is 5. The van der Waals surface area contributed by atoms with E-state index in [1.165, 1.54) is 18.3 Å². The lowest BCUT2D eigenvalue weighted by molar-refractivity contribution is 0.0965. The van der Waals surface area contributed by atoms with Crippen molar-refractivity contribution in [2.45, 2.75) is 39.7 Å². The van der Waals surface area contributed by atoms with Crippen molar-refractivity contribution in [3.8, 4) is 0 Å². The Morgan fingerprint density at radius 2 is 1.89 bits per heavy atom. The van der Waals surface area contributed by atoms with Crippen LogP contribution >= 0.6 is 11.3 Å². The zero-order chi connectivity index (χ0) is 14.6. The van der Waals surface area contributed by atoms with E-state index in [4.69, 9.17) is 5.73 Å². The summed E-state index contributed by atoms with van der Waals surface area (Å²) in [6.07, 6.45) is 1.88. The Kier molecular flexibility index (Phi) is 5.35. The lowest BCUT2D eigenvalue weighted by atomic mass is 10.1. The van der Waals surface area contributed by atoms with Gasteiger partial charge in [-0.2, -0.15) is 0 Å². The minimum Gasteiger partial charge on any atom is -0.397 e. The summed E-state index contributed by atoms with van der Waals surface area (Å²) < 4.78 is 0. The SMILES string of the molecule is CCC(CC)Nc1sc(C(C)=O)c(N)c1C(=O)NC. The van der Waals surface area contributed by atoms with E-state index >= 15 is 0 Å². The number of nitrogens with two attached hydrogens (primary N) is 1. The molecule has 0 aliphatic carbocycles. The number of thiophene rings is 1. The van der Waals surface area contributed by atoms with Crippen molar-refractivity contribution in [2.75, 3.05) is 18.1 Å². The monoisotopic (exact) mass is 283 g/mol. The molecule has 0 unspecified atom stereocenters. The summed E-state index contributed by atoms with van der Waals surface area (Å²) >= 11 is 1.25. The smallest absolute Gasteiger partial charge is 0.256 e. The maximum absolute atomic E-state index is 11.9. The molecule has 0 saturated heterocycles. The van der Waals surface area contributed by atoms with Crippen LogP contribution in [0.3, 0.4) is 0 Å². The summed E-state index contributed by atoms with van der Waals surface area (Å²) in [7, 11) is 1.55. The molecule has 4 N–H and O–H groups in total. The van der Waals surface area contributed by atoms with E-state index in [1.54, 1.807) is 7.05 Å². The van der Waals surface area contributed by atoms with Crippen molar-refractivity contribution in [1.82, 2.24) is 5.32 Å². The molecule has 0 aliphatic heterocycles. The Labute approximate surface area is 117 Å². The van der Waals surface area contributed by atoms with Crippen LogP contribution in [0.1, 0.15) is 53.6 Å². The summed E-state index contributed by atoms with van der Waals surface area (Å²) in [5.74, 6) is -0.389. The largest absolute Gasteiger partial charge is 0.397 e. The van der Waals surface area contributed by atoms with Crippen molar-refractivity contribution in [1.29, 1.82) is 0 Å². The van der Waals surface area contributed by atoms with E-state index in [1.807, 2.05) is 0 Å². The standard InChI is InChI=1S/C13H21N3O2S/c1-5-8(6-2)16-13-9(12(18)15-4)10(14)11(19-13)7(3)17/h8,16H,5-6,14H2,1-4H3,(H,15,18). The average Bonchev–Trinajstić information content (AvgIpc) is 2.72. The Morgan fingerprint density at radius 1 is 1.32 bits per heavy atom. The van der Waals surface area contributed by atoms with Gasteiger partial charge in [-0.25, -0.2) is 0 Å². The second kappa shape index (κ2) is 6.56. The first kappa shape index (κ1) is 15.5. The highest BCUT2D eigenvalue weighted by molar-refractivity contribution is 7.19. The molecule has 1 rings (SSSR count). The van der Waals surface area contributed by atoms with Crippen molar-refractivity contribution >= 4 is 33.7 Å². The summed E-state index contributed by atoms with van der Waals surface area (Å²) in [5.41, 5.74) is 6.58. The van der Waals surface area contributed by atoms with Gasteiger partial charge in [-0.15, -0.1) is 11.3 Å². The number of amides is 1. The normalized spacial score (nSPS) is 10.6. The third kappa shape index (κ3) is 3.26. The van der Waals surface area contributed by atoms with Crippen LogP contribution in [-0.2, 0) is 0 Å². The van der Waals surface area contributed by atoms with Gasteiger partial charge in [0.1, 0.15) is 5.00 Å². The van der Waals surface area contributed by atoms with Crippen LogP contribution < -0.4 is 16.4 Å². The van der Waals surface area contributed by atoms with Crippen molar-refractivity contribution < 1.29 is 9.59 Å². The predicted octanol–water partition coefficient (Wildman–Crippen LogP) is 2.49. The van der Waals surface area contributed by atoms with E-state index in [9.17, 15) is 9.59 Å². The first-order chi connectivity index (χ1) is 8.96. The second-order valence-electron chi connectivity index (χ2n) is 4.34. The lowest BCUT2D eigenvalue weighted by Gasteiger charge is -2.15. The van der Waals surface area contributed by atoms with Crippen LogP contribution in [0.4, 0.5) is 10.7 Å². The molecule has 0 radical (unpaired) electrons. The molecule has 0 aromatic carbocycles. The highest BCUT2D eigenvalue weighted by atomic mass is 32.1. The van der Waals surface area contributed by atoms with Gasteiger partial charge in [0.15, 0.2) is 5.78 Å². The van der Waals surface area contributed by atoms with Crippen molar-refractivity contribution in [3.05, 3.63) is 10.4 Å². The van der Waals surface area contributed by atoms with Crippen molar-refractivity contribution in [2.24, 2.45) is 0 Å². The van der Waals surface area contributed by atoms with E-state index in [0.29, 0.717) is 15.4 Å². The van der Waals surface area contributed by atoms with Gasteiger partial charge in [0.2, 0.25) is 0 Å². The topological polar surface area (TPSA) is 84.2 Å². The minimum absolute atomic E-state index is 0.120. The molecule has 0 fully saturated rings. The summed E-state index contributed by atoms with van der Waals surface area (Å²) in [5, 5.41) is 6.54. The molecule has 106 valence electrons. The molecule has 6 heteroatoms. The zero-order valence-electron chi connectivity index (χ0n) is 11.8. The molecule has 5 nitrogen and oxygen atoms in total. The zero-order valence-corrected chi connectivity index (χ0v) is 12.6. The van der Waals surface area contributed by atoms with Crippen LogP contribution in [0.2, 0.25) is 0 Å². The van der Waals surface area contributed by atoms with Gasteiger partial charge in [-0.1, -0.05) is 13.8 Å². The molecule has 0 aliphatic rings. The number of ketones is 1. The molecule has 1 heterocycles. The number of nitrogens with one attached hydrogen (secondary N) is 2. The number of carbonyl (C=O) groups excluding carboxylic acids is 2. The summed E-state index contributed by atoms with van der Waals surface area (Å²) in [6.45, 7) is 5.60. The van der Waals surface area contributed by atoms with E-state index in [-0.39, 0.29) is 23.4 Å². The molecule has 0 saturated carbocycles. The fraction of sp³-hybridized carbons (Fsp3) is 0.538. The van der Waals surface area contributed by atoms with Crippen LogP contribution in [0.15, 0.2) is 0 Å². The maximum Gasteiger partial charge on any atom is 0.256 e. The van der Waals surface area contributed by atoms with Gasteiger partial charge in [0.05, 0.1) is 16.1 Å². The van der Waals surface area contributed by atoms with E-state index in [2.05, 4.69) is 24.5 Å². The number of hydrogen-bond donors (Lipinski definition) is 3. The second-order valence-corrected chi connectivity index (χ2v) is 5.36.